The summed E-state index contributed by atoms with van der Waals surface area (Å²) >= 11 is 0. The first-order chi connectivity index (χ1) is 25.8. The van der Waals surface area contributed by atoms with Gasteiger partial charge >= 0.3 is 19.0 Å². The van der Waals surface area contributed by atoms with Crippen molar-refractivity contribution in [2.75, 3.05) is 6.61 Å². The van der Waals surface area contributed by atoms with E-state index in [4.69, 9.17) is 4.74 Å². The second-order valence-corrected chi connectivity index (χ2v) is 15.7. The molecule has 0 spiro atoms. The molecule has 2 aromatic carbocycles. The van der Waals surface area contributed by atoms with Crippen molar-refractivity contribution >= 4 is 18.0 Å². The molecule has 2 saturated carbocycles. The topological polar surface area (TPSA) is 152 Å². The van der Waals surface area contributed by atoms with Crippen LogP contribution in [-0.2, 0) is 15.1 Å². The van der Waals surface area contributed by atoms with E-state index in [0.717, 1.165) is 36.6 Å². The molecule has 0 bridgehead atoms. The van der Waals surface area contributed by atoms with Crippen LogP contribution in [0.15, 0.2) is 61.2 Å². The Labute approximate surface area is 312 Å². The third-order valence-electron chi connectivity index (χ3n) is 9.89. The molecule has 1 aliphatic heterocycles. The highest BCUT2D eigenvalue weighted by atomic mass is 19.4. The Hall–Kier alpha value is -5.55. The van der Waals surface area contributed by atoms with Crippen LogP contribution in [0, 0.1) is 10.8 Å². The van der Waals surface area contributed by atoms with Gasteiger partial charge in [0.15, 0.2) is 11.7 Å². The lowest BCUT2D eigenvalue weighted by Gasteiger charge is -2.35. The minimum Gasteiger partial charge on any atom is -0.447 e. The summed E-state index contributed by atoms with van der Waals surface area (Å²) in [5, 5.41) is 23.0. The molecule has 18 heteroatoms. The van der Waals surface area contributed by atoms with Gasteiger partial charge in [-0.25, -0.2) is 19.1 Å². The van der Waals surface area contributed by atoms with E-state index in [2.05, 4.69) is 30.6 Å². The van der Waals surface area contributed by atoms with Gasteiger partial charge in [0, 0.05) is 23.2 Å². The smallest absolute Gasteiger partial charge is 0.447 e. The van der Waals surface area contributed by atoms with Crippen LogP contribution < -0.4 is 15.4 Å². The monoisotopic (exact) mass is 769 g/mol. The first kappa shape index (κ1) is 37.8. The van der Waals surface area contributed by atoms with Gasteiger partial charge in [-0.1, -0.05) is 51.1 Å². The molecule has 13 nitrogen and oxygen atoms in total. The SMILES string of the molecule is CC(C)(C)C[C@]1(c2ccc(-c3cnn(C(F)F)c3)cc2)NC(=N)N([C@H](COC(=O)NC2(C)CC2)c2ccc(OC(F)(F)F)c(-n3ncnc3C3CC3)c2)C1=O. The number of nitrogens with zero attached hydrogens (tertiary/aromatic N) is 6. The molecule has 2 aromatic heterocycles. The van der Waals surface area contributed by atoms with Crippen molar-refractivity contribution in [1.29, 1.82) is 5.41 Å². The summed E-state index contributed by atoms with van der Waals surface area (Å²) in [6.07, 6.45) is 1.18. The number of nitrogens with one attached hydrogen (secondary N) is 3. The molecule has 3 aliphatic rings. The van der Waals surface area contributed by atoms with Crippen molar-refractivity contribution in [3.63, 3.8) is 0 Å². The molecule has 2 amide bonds. The van der Waals surface area contributed by atoms with Gasteiger partial charge in [-0.05, 0) is 73.3 Å². The van der Waals surface area contributed by atoms with Crippen LogP contribution in [0.5, 0.6) is 5.75 Å². The number of halogens is 5. The van der Waals surface area contributed by atoms with Gasteiger partial charge in [0.25, 0.3) is 5.91 Å². The Kier molecular flexibility index (Phi) is 9.36. The summed E-state index contributed by atoms with van der Waals surface area (Å²) in [4.78, 5) is 33.5. The van der Waals surface area contributed by atoms with E-state index in [1.807, 2.05) is 27.7 Å². The Balaban J connectivity index is 1.29. The summed E-state index contributed by atoms with van der Waals surface area (Å²) < 4.78 is 79.4. The zero-order valence-corrected chi connectivity index (χ0v) is 30.5. The standard InChI is InChI=1S/C37H40F5N9O4/c1-34(2,3)19-36(25-10-7-21(8-11-25)24-16-45-49(17-24)31(38)39)30(52)50(32(43)47-36)27(18-54-33(53)48-35(4)13-14-35)23-9-12-28(55-37(40,41)42)26(15-23)51-29(22-5-6-22)44-20-46-51/h7-12,15-17,20,22,27,31H,5-6,13-14,18-19H2,1-4H3,(H2,43,47)(H,48,53)/t27-,36-/m1/s1. The minimum absolute atomic E-state index is 0.0149. The van der Waals surface area contributed by atoms with Crippen molar-refractivity contribution < 1.29 is 41.0 Å². The zero-order chi connectivity index (χ0) is 39.5. The summed E-state index contributed by atoms with van der Waals surface area (Å²) in [6, 6.07) is 9.25. The van der Waals surface area contributed by atoms with Crippen LogP contribution in [0.25, 0.3) is 16.8 Å². The molecule has 2 aliphatic carbocycles. The van der Waals surface area contributed by atoms with Gasteiger partial charge in [-0.2, -0.15) is 19.0 Å². The number of alkyl carbamates (subject to hydrolysis) is 1. The molecule has 2 atom stereocenters. The molecule has 0 unspecified atom stereocenters. The van der Waals surface area contributed by atoms with Gasteiger partial charge in [0.1, 0.15) is 30.0 Å². The van der Waals surface area contributed by atoms with Crippen molar-refractivity contribution in [2.45, 2.75) is 95.7 Å². The summed E-state index contributed by atoms with van der Waals surface area (Å²) in [6.45, 7) is 4.34. The Morgan fingerprint density at radius 1 is 1.07 bits per heavy atom. The lowest BCUT2D eigenvalue weighted by molar-refractivity contribution is -0.274. The lowest BCUT2D eigenvalue weighted by atomic mass is 9.75. The number of rotatable bonds is 12. The summed E-state index contributed by atoms with van der Waals surface area (Å²) in [7, 11) is 0. The largest absolute Gasteiger partial charge is 0.573 e. The summed E-state index contributed by atoms with van der Waals surface area (Å²) in [5.74, 6) is -1.06. The van der Waals surface area contributed by atoms with Gasteiger partial charge < -0.3 is 20.1 Å². The number of amides is 2. The second kappa shape index (κ2) is 13.6. The molecule has 1 saturated heterocycles. The predicted octanol–water partition coefficient (Wildman–Crippen LogP) is 7.32. The second-order valence-electron chi connectivity index (χ2n) is 15.7. The van der Waals surface area contributed by atoms with Gasteiger partial charge in [-0.3, -0.25) is 15.1 Å². The van der Waals surface area contributed by atoms with E-state index >= 15 is 4.79 Å². The number of alkyl halides is 5. The fourth-order valence-corrected chi connectivity index (χ4v) is 6.92. The molecule has 55 heavy (non-hydrogen) atoms. The van der Waals surface area contributed by atoms with Crippen LogP contribution in [0.2, 0.25) is 0 Å². The molecule has 292 valence electrons. The predicted molar refractivity (Wildman–Crippen MR) is 187 cm³/mol. The highest BCUT2D eigenvalue weighted by molar-refractivity contribution is 6.08. The van der Waals surface area contributed by atoms with Crippen LogP contribution in [0.3, 0.4) is 0 Å². The van der Waals surface area contributed by atoms with Gasteiger partial charge in [0.05, 0.1) is 12.2 Å². The maximum atomic E-state index is 15.0. The van der Waals surface area contributed by atoms with E-state index in [0.29, 0.717) is 27.2 Å². The number of hydrogen-bond acceptors (Lipinski definition) is 8. The highest BCUT2D eigenvalue weighted by Gasteiger charge is 2.55. The van der Waals surface area contributed by atoms with Gasteiger partial charge in [0.2, 0.25) is 0 Å². The molecule has 0 radical (unpaired) electrons. The molecular weight excluding hydrogens is 729 g/mol. The first-order valence-electron chi connectivity index (χ1n) is 17.7. The van der Waals surface area contributed by atoms with E-state index < -0.39 is 59.8 Å². The molecule has 7 rings (SSSR count). The van der Waals surface area contributed by atoms with Crippen molar-refractivity contribution in [2.24, 2.45) is 5.41 Å². The molecule has 3 heterocycles. The number of carbonyl (C=O) groups is 2. The maximum Gasteiger partial charge on any atom is 0.573 e. The zero-order valence-electron chi connectivity index (χ0n) is 30.5. The number of benzene rings is 2. The number of carbonyl (C=O) groups excluding carboxylic acids is 2. The average molecular weight is 770 g/mol. The molecule has 4 aromatic rings. The third kappa shape index (κ3) is 7.98. The van der Waals surface area contributed by atoms with Crippen molar-refractivity contribution in [1.82, 2.24) is 40.1 Å². The van der Waals surface area contributed by atoms with E-state index in [-0.39, 0.29) is 29.5 Å². The molecule has 3 fully saturated rings. The first-order valence-corrected chi connectivity index (χ1v) is 17.7. The van der Waals surface area contributed by atoms with E-state index in [1.54, 1.807) is 24.3 Å². The Bertz CT molecular complexity index is 2100. The summed E-state index contributed by atoms with van der Waals surface area (Å²) in [5.41, 5.74) is -0.890. The molecular formula is C37H40F5N9O4. The molecule has 3 N–H and O–H groups in total. The maximum absolute atomic E-state index is 15.0. The lowest BCUT2D eigenvalue weighted by Crippen LogP contribution is -2.47. The van der Waals surface area contributed by atoms with Crippen molar-refractivity contribution in [3.05, 3.63) is 78.1 Å². The average Bonchev–Trinajstić information content (AvgIpc) is 3.92. The fraction of sp³-hybridized carbons (Fsp3) is 0.459. The Morgan fingerprint density at radius 3 is 2.38 bits per heavy atom. The van der Waals surface area contributed by atoms with E-state index in [1.165, 1.54) is 35.5 Å². The normalized spacial score (nSPS) is 20.1. The van der Waals surface area contributed by atoms with Crippen LogP contribution in [0.4, 0.5) is 26.7 Å². The van der Waals surface area contributed by atoms with Crippen molar-refractivity contribution in [3.8, 4) is 22.6 Å². The van der Waals surface area contributed by atoms with E-state index in [9.17, 15) is 32.2 Å². The van der Waals surface area contributed by atoms with Gasteiger partial charge in [-0.15, -0.1) is 13.2 Å². The van der Waals surface area contributed by atoms with Crippen LogP contribution >= 0.6 is 0 Å². The number of guanidine groups is 1. The van der Waals surface area contributed by atoms with Crippen LogP contribution in [0.1, 0.15) is 95.3 Å². The number of aromatic nitrogens is 5. The minimum atomic E-state index is -5.04. The number of ether oxygens (including phenoxy) is 2. The highest BCUT2D eigenvalue weighted by Crippen LogP contribution is 2.45. The fourth-order valence-electron chi connectivity index (χ4n) is 6.92. The third-order valence-corrected chi connectivity index (χ3v) is 9.89. The van der Waals surface area contributed by atoms with Crippen LogP contribution in [-0.4, -0.2) is 65.9 Å². The Morgan fingerprint density at radius 2 is 1.78 bits per heavy atom. The quantitative estimate of drug-likeness (QED) is 0.127. The number of hydrogen-bond donors (Lipinski definition) is 3.